The third-order valence-electron chi connectivity index (χ3n) is 3.51. The molecule has 1 amide bonds. The number of hydrogen-bond donors (Lipinski definition) is 2. The summed E-state index contributed by atoms with van der Waals surface area (Å²) in [6.07, 6.45) is 4.17. The van der Waals surface area contributed by atoms with Gasteiger partial charge in [-0.1, -0.05) is 24.4 Å². The molecule has 0 radical (unpaired) electrons. The SMILES string of the molecule is Cl.NCC1(NC(=O)c2ccc(Cl)cc2Br)CCCC1. The predicted octanol–water partition coefficient (Wildman–Crippen LogP) is 3.53. The van der Waals surface area contributed by atoms with Gasteiger partial charge in [-0.3, -0.25) is 4.79 Å². The maximum absolute atomic E-state index is 12.3. The van der Waals surface area contributed by atoms with Crippen molar-refractivity contribution in [2.75, 3.05) is 6.54 Å². The van der Waals surface area contributed by atoms with E-state index < -0.39 is 0 Å². The Kier molecular flexibility index (Phi) is 6.12. The molecule has 6 heteroatoms. The second-order valence-electron chi connectivity index (χ2n) is 4.77. The molecule has 0 bridgehead atoms. The highest BCUT2D eigenvalue weighted by atomic mass is 79.9. The lowest BCUT2D eigenvalue weighted by Gasteiger charge is -2.28. The fourth-order valence-corrected chi connectivity index (χ4v) is 3.28. The Morgan fingerprint density at radius 1 is 1.42 bits per heavy atom. The molecule has 0 unspecified atom stereocenters. The molecule has 0 aromatic heterocycles. The van der Waals surface area contributed by atoms with Gasteiger partial charge in [-0.25, -0.2) is 0 Å². The van der Waals surface area contributed by atoms with Crippen LogP contribution in [0.1, 0.15) is 36.0 Å². The summed E-state index contributed by atoms with van der Waals surface area (Å²) >= 11 is 9.22. The number of halogens is 3. The van der Waals surface area contributed by atoms with Gasteiger partial charge in [-0.05, 0) is 47.0 Å². The van der Waals surface area contributed by atoms with Crippen molar-refractivity contribution in [3.8, 4) is 0 Å². The molecular formula is C13H17BrCl2N2O. The van der Waals surface area contributed by atoms with Crippen molar-refractivity contribution < 1.29 is 4.79 Å². The Hall–Kier alpha value is -0.290. The number of carbonyl (C=O) groups excluding carboxylic acids is 1. The van der Waals surface area contributed by atoms with Crippen molar-refractivity contribution >= 4 is 45.8 Å². The molecule has 3 N–H and O–H groups in total. The van der Waals surface area contributed by atoms with Gasteiger partial charge in [0, 0.05) is 16.0 Å². The van der Waals surface area contributed by atoms with Crippen LogP contribution in [0.4, 0.5) is 0 Å². The molecule has 1 saturated carbocycles. The molecule has 1 aliphatic rings. The first-order chi connectivity index (χ1) is 8.56. The first-order valence-corrected chi connectivity index (χ1v) is 7.21. The topological polar surface area (TPSA) is 55.1 Å². The Morgan fingerprint density at radius 2 is 2.05 bits per heavy atom. The summed E-state index contributed by atoms with van der Waals surface area (Å²) in [6.45, 7) is 0.490. The fraction of sp³-hybridized carbons (Fsp3) is 0.462. The second-order valence-corrected chi connectivity index (χ2v) is 6.06. The van der Waals surface area contributed by atoms with Crippen LogP contribution in [-0.4, -0.2) is 18.0 Å². The molecule has 0 saturated heterocycles. The van der Waals surface area contributed by atoms with Gasteiger partial charge < -0.3 is 11.1 Å². The lowest BCUT2D eigenvalue weighted by Crippen LogP contribution is -2.51. The Balaban J connectivity index is 0.00000180. The Morgan fingerprint density at radius 3 is 2.58 bits per heavy atom. The van der Waals surface area contributed by atoms with E-state index in [4.69, 9.17) is 17.3 Å². The molecule has 19 heavy (non-hydrogen) atoms. The van der Waals surface area contributed by atoms with E-state index >= 15 is 0 Å². The highest BCUT2D eigenvalue weighted by Crippen LogP contribution is 2.30. The van der Waals surface area contributed by atoms with Crippen LogP contribution >= 0.6 is 39.9 Å². The molecule has 1 fully saturated rings. The number of rotatable bonds is 3. The van der Waals surface area contributed by atoms with Gasteiger partial charge in [0.1, 0.15) is 0 Å². The summed E-state index contributed by atoms with van der Waals surface area (Å²) in [4.78, 5) is 12.3. The van der Waals surface area contributed by atoms with Crippen molar-refractivity contribution in [2.24, 2.45) is 5.73 Å². The van der Waals surface area contributed by atoms with Crippen LogP contribution in [0.2, 0.25) is 5.02 Å². The van der Waals surface area contributed by atoms with Gasteiger partial charge in [0.05, 0.1) is 11.1 Å². The summed E-state index contributed by atoms with van der Waals surface area (Å²) in [5.41, 5.74) is 6.18. The van der Waals surface area contributed by atoms with E-state index in [-0.39, 0.29) is 23.9 Å². The van der Waals surface area contributed by atoms with Gasteiger partial charge in [0.15, 0.2) is 0 Å². The molecule has 2 rings (SSSR count). The van der Waals surface area contributed by atoms with Gasteiger partial charge in [-0.15, -0.1) is 12.4 Å². The van der Waals surface area contributed by atoms with Gasteiger partial charge >= 0.3 is 0 Å². The maximum Gasteiger partial charge on any atom is 0.252 e. The van der Waals surface area contributed by atoms with Crippen LogP contribution in [0.3, 0.4) is 0 Å². The van der Waals surface area contributed by atoms with Gasteiger partial charge in [0.2, 0.25) is 0 Å². The zero-order valence-electron chi connectivity index (χ0n) is 10.4. The van der Waals surface area contributed by atoms with E-state index in [9.17, 15) is 4.79 Å². The van der Waals surface area contributed by atoms with E-state index in [2.05, 4.69) is 21.2 Å². The van der Waals surface area contributed by atoms with Crippen LogP contribution < -0.4 is 11.1 Å². The Labute approximate surface area is 132 Å². The van der Waals surface area contributed by atoms with E-state index in [1.165, 1.54) is 0 Å². The lowest BCUT2D eigenvalue weighted by molar-refractivity contribution is 0.0902. The molecule has 3 nitrogen and oxygen atoms in total. The van der Waals surface area contributed by atoms with E-state index in [1.807, 2.05) is 0 Å². The molecule has 0 heterocycles. The number of hydrogen-bond acceptors (Lipinski definition) is 2. The van der Waals surface area contributed by atoms with Crippen LogP contribution in [-0.2, 0) is 0 Å². The smallest absolute Gasteiger partial charge is 0.252 e. The highest BCUT2D eigenvalue weighted by molar-refractivity contribution is 9.10. The summed E-state index contributed by atoms with van der Waals surface area (Å²) in [7, 11) is 0. The highest BCUT2D eigenvalue weighted by Gasteiger charge is 2.34. The molecule has 1 aromatic rings. The molecule has 1 aliphatic carbocycles. The summed E-state index contributed by atoms with van der Waals surface area (Å²) in [5.74, 6) is -0.0918. The van der Waals surface area contributed by atoms with Crippen molar-refractivity contribution in [3.05, 3.63) is 33.3 Å². The maximum atomic E-state index is 12.3. The standard InChI is InChI=1S/C13H16BrClN2O.ClH/c14-11-7-9(15)3-4-10(11)12(18)17-13(8-16)5-1-2-6-13;/h3-4,7H,1-2,5-6,8,16H2,(H,17,18);1H. The quantitative estimate of drug-likeness (QED) is 0.858. The zero-order valence-corrected chi connectivity index (χ0v) is 13.6. The van der Waals surface area contributed by atoms with Crippen LogP contribution in [0.15, 0.2) is 22.7 Å². The largest absolute Gasteiger partial charge is 0.345 e. The lowest BCUT2D eigenvalue weighted by atomic mass is 9.97. The molecular weight excluding hydrogens is 351 g/mol. The van der Waals surface area contributed by atoms with Crippen molar-refractivity contribution in [2.45, 2.75) is 31.2 Å². The van der Waals surface area contributed by atoms with Crippen molar-refractivity contribution in [1.82, 2.24) is 5.32 Å². The zero-order chi connectivity index (χ0) is 13.2. The van der Waals surface area contributed by atoms with E-state index in [0.29, 0.717) is 21.6 Å². The second kappa shape index (κ2) is 6.93. The summed E-state index contributed by atoms with van der Waals surface area (Å²) < 4.78 is 0.706. The van der Waals surface area contributed by atoms with E-state index in [1.54, 1.807) is 18.2 Å². The van der Waals surface area contributed by atoms with Crippen LogP contribution in [0.5, 0.6) is 0 Å². The molecule has 1 aromatic carbocycles. The van der Waals surface area contributed by atoms with Crippen molar-refractivity contribution in [3.63, 3.8) is 0 Å². The van der Waals surface area contributed by atoms with E-state index in [0.717, 1.165) is 25.7 Å². The first kappa shape index (κ1) is 16.8. The van der Waals surface area contributed by atoms with Crippen molar-refractivity contribution in [1.29, 1.82) is 0 Å². The van der Waals surface area contributed by atoms with Crippen LogP contribution in [0.25, 0.3) is 0 Å². The predicted molar refractivity (Wildman–Crippen MR) is 84.1 cm³/mol. The summed E-state index contributed by atoms with van der Waals surface area (Å²) in [6, 6.07) is 5.16. The molecule has 0 spiro atoms. The minimum atomic E-state index is -0.226. The first-order valence-electron chi connectivity index (χ1n) is 6.04. The number of benzene rings is 1. The summed E-state index contributed by atoms with van der Waals surface area (Å²) in [5, 5.41) is 3.69. The minimum Gasteiger partial charge on any atom is -0.345 e. The number of amides is 1. The minimum absolute atomic E-state index is 0. The van der Waals surface area contributed by atoms with Gasteiger partial charge in [-0.2, -0.15) is 0 Å². The average molecular weight is 368 g/mol. The monoisotopic (exact) mass is 366 g/mol. The Bertz CT molecular complexity index is 462. The van der Waals surface area contributed by atoms with Crippen LogP contribution in [0, 0.1) is 0 Å². The molecule has 0 aliphatic heterocycles. The third-order valence-corrected chi connectivity index (χ3v) is 4.40. The average Bonchev–Trinajstić information content (AvgIpc) is 2.78. The van der Waals surface area contributed by atoms with Gasteiger partial charge in [0.25, 0.3) is 5.91 Å². The number of nitrogens with two attached hydrogens (primary N) is 1. The molecule has 0 atom stereocenters. The fourth-order valence-electron chi connectivity index (χ4n) is 2.41. The molecule has 106 valence electrons. The normalized spacial score (nSPS) is 16.8. The number of carbonyl (C=O) groups is 1. The third kappa shape index (κ3) is 3.85. The number of nitrogens with one attached hydrogen (secondary N) is 1.